The molecule has 0 radical (unpaired) electrons. The molecule has 0 aromatic rings. The second kappa shape index (κ2) is 27.4. The number of rotatable bonds is 28. The molecule has 218 valence electrons. The summed E-state index contributed by atoms with van der Waals surface area (Å²) in [5.41, 5.74) is 0. The highest BCUT2D eigenvalue weighted by molar-refractivity contribution is 5.80. The summed E-state index contributed by atoms with van der Waals surface area (Å²) in [6, 6.07) is 0. The number of esters is 1. The van der Waals surface area contributed by atoms with Crippen LogP contribution in [0.15, 0.2) is 0 Å². The minimum absolute atomic E-state index is 0.0144. The molecular weight excluding hydrogens is 466 g/mol. The van der Waals surface area contributed by atoms with Crippen LogP contribution in [-0.4, -0.2) is 35.6 Å². The number of hydrogen-bond donors (Lipinski definition) is 2. The van der Waals surface area contributed by atoms with Crippen molar-refractivity contribution in [2.75, 3.05) is 6.54 Å². The number of ether oxygens (including phenoxy) is 1. The van der Waals surface area contributed by atoms with Gasteiger partial charge in [-0.05, 0) is 38.5 Å². The number of amides is 1. The van der Waals surface area contributed by atoms with Crippen LogP contribution in [0.1, 0.15) is 168 Å². The number of hydrogen-bond acceptors (Lipinski definition) is 4. The lowest BCUT2D eigenvalue weighted by molar-refractivity contribution is -0.150. The van der Waals surface area contributed by atoms with Crippen LogP contribution in [-0.2, 0) is 19.1 Å². The summed E-state index contributed by atoms with van der Waals surface area (Å²) in [6.45, 7) is 4.15. The van der Waals surface area contributed by atoms with Crippen molar-refractivity contribution in [3.05, 3.63) is 0 Å². The fraction of sp³-hybridized carbons (Fsp3) is 0.903. The molecule has 0 fully saturated rings. The van der Waals surface area contributed by atoms with Gasteiger partial charge in [0.15, 0.2) is 0 Å². The second-order valence-electron chi connectivity index (χ2n) is 10.7. The third-order valence-electron chi connectivity index (χ3n) is 7.03. The quantitative estimate of drug-likeness (QED) is 0.0789. The van der Waals surface area contributed by atoms with Gasteiger partial charge in [-0.1, -0.05) is 117 Å². The van der Waals surface area contributed by atoms with Crippen molar-refractivity contribution in [2.45, 2.75) is 174 Å². The highest BCUT2D eigenvalue weighted by atomic mass is 16.5. The lowest BCUT2D eigenvalue weighted by atomic mass is 10.0. The molecule has 0 saturated carbocycles. The normalized spacial score (nSPS) is 11.8. The Morgan fingerprint density at radius 3 is 1.49 bits per heavy atom. The minimum atomic E-state index is -1.02. The Balaban J connectivity index is 3.92. The van der Waals surface area contributed by atoms with Gasteiger partial charge in [0, 0.05) is 12.8 Å². The number of aliphatic carboxylic acids is 1. The average molecular weight is 526 g/mol. The maximum atomic E-state index is 12.4. The lowest BCUT2D eigenvalue weighted by Gasteiger charge is -2.18. The van der Waals surface area contributed by atoms with Crippen molar-refractivity contribution >= 4 is 17.8 Å². The Bertz CT molecular complexity index is 552. The van der Waals surface area contributed by atoms with Gasteiger partial charge in [-0.25, -0.2) is 0 Å². The molecule has 1 unspecified atom stereocenters. The van der Waals surface area contributed by atoms with Gasteiger partial charge in [-0.3, -0.25) is 14.4 Å². The van der Waals surface area contributed by atoms with Crippen LogP contribution < -0.4 is 5.32 Å². The van der Waals surface area contributed by atoms with E-state index < -0.39 is 5.97 Å². The lowest BCUT2D eigenvalue weighted by Crippen LogP contribution is -2.28. The third kappa shape index (κ3) is 27.3. The molecule has 2 N–H and O–H groups in total. The first-order valence-electron chi connectivity index (χ1n) is 15.7. The molecule has 1 amide bonds. The molecule has 0 aromatic carbocycles. The van der Waals surface area contributed by atoms with Gasteiger partial charge in [-0.2, -0.15) is 0 Å². The molecule has 0 aliphatic rings. The van der Waals surface area contributed by atoms with Crippen LogP contribution in [0.2, 0.25) is 0 Å². The summed E-state index contributed by atoms with van der Waals surface area (Å²) in [5, 5.41) is 11.0. The topological polar surface area (TPSA) is 92.7 Å². The van der Waals surface area contributed by atoms with Gasteiger partial charge in [0.25, 0.3) is 0 Å². The molecule has 0 saturated heterocycles. The molecule has 0 aromatic heterocycles. The highest BCUT2D eigenvalue weighted by Gasteiger charge is 2.14. The molecule has 0 bridgehead atoms. The maximum Gasteiger partial charge on any atom is 0.322 e. The van der Waals surface area contributed by atoms with Crippen molar-refractivity contribution in [2.24, 2.45) is 0 Å². The Kier molecular flexibility index (Phi) is 26.3. The third-order valence-corrected chi connectivity index (χ3v) is 7.03. The van der Waals surface area contributed by atoms with E-state index >= 15 is 0 Å². The Morgan fingerprint density at radius 1 is 0.595 bits per heavy atom. The minimum Gasteiger partial charge on any atom is -0.480 e. The largest absolute Gasteiger partial charge is 0.480 e. The standard InChI is InChI=1S/C31H59NO5/c1-3-5-7-9-10-11-12-13-14-15-16-22-26-31(36)37-28(23-19-8-6-4-2)24-20-17-18-21-25-29(33)32-27-30(34)35/h28H,3-27H2,1-2H3,(H,32,33)(H,34,35). The van der Waals surface area contributed by atoms with Crippen molar-refractivity contribution in [3.8, 4) is 0 Å². The summed E-state index contributed by atoms with van der Waals surface area (Å²) < 4.78 is 5.87. The van der Waals surface area contributed by atoms with E-state index in [4.69, 9.17) is 9.84 Å². The molecule has 0 aliphatic heterocycles. The molecule has 6 nitrogen and oxygen atoms in total. The number of carboxylic acids is 1. The molecule has 0 rings (SSSR count). The zero-order chi connectivity index (χ0) is 27.4. The average Bonchev–Trinajstić information content (AvgIpc) is 2.87. The summed E-state index contributed by atoms with van der Waals surface area (Å²) in [5.74, 6) is -1.27. The fourth-order valence-corrected chi connectivity index (χ4v) is 4.69. The van der Waals surface area contributed by atoms with Crippen molar-refractivity contribution in [1.82, 2.24) is 5.32 Å². The highest BCUT2D eigenvalue weighted by Crippen LogP contribution is 2.18. The van der Waals surface area contributed by atoms with Crippen LogP contribution in [0.5, 0.6) is 0 Å². The Morgan fingerprint density at radius 2 is 1.00 bits per heavy atom. The van der Waals surface area contributed by atoms with Crippen LogP contribution in [0.4, 0.5) is 0 Å². The molecule has 1 atom stereocenters. The summed E-state index contributed by atoms with van der Waals surface area (Å²) in [6.07, 6.45) is 26.6. The second-order valence-corrected chi connectivity index (χ2v) is 10.7. The van der Waals surface area contributed by atoms with Crippen molar-refractivity contribution < 1.29 is 24.2 Å². The van der Waals surface area contributed by atoms with E-state index in [1.807, 2.05) is 0 Å². The first-order valence-corrected chi connectivity index (χ1v) is 15.7. The predicted octanol–water partition coefficient (Wildman–Crippen LogP) is 8.50. The van der Waals surface area contributed by atoms with Gasteiger partial charge in [0.05, 0.1) is 0 Å². The van der Waals surface area contributed by atoms with Crippen LogP contribution >= 0.6 is 0 Å². The van der Waals surface area contributed by atoms with Gasteiger partial charge in [0.2, 0.25) is 5.91 Å². The monoisotopic (exact) mass is 525 g/mol. The van der Waals surface area contributed by atoms with Crippen LogP contribution in [0.3, 0.4) is 0 Å². The van der Waals surface area contributed by atoms with Crippen LogP contribution in [0, 0.1) is 0 Å². The molecule has 37 heavy (non-hydrogen) atoms. The number of carboxylic acid groups (broad SMARTS) is 1. The van der Waals surface area contributed by atoms with Crippen molar-refractivity contribution in [3.63, 3.8) is 0 Å². The molecular formula is C31H59NO5. The molecule has 0 heterocycles. The summed E-state index contributed by atoms with van der Waals surface area (Å²) in [7, 11) is 0. The smallest absolute Gasteiger partial charge is 0.322 e. The SMILES string of the molecule is CCCCCCCCCCCCCCC(=O)OC(CCCCCC)CCCCCCC(=O)NCC(=O)O. The van der Waals surface area contributed by atoms with E-state index in [0.29, 0.717) is 12.8 Å². The first-order chi connectivity index (χ1) is 18.0. The van der Waals surface area contributed by atoms with E-state index in [2.05, 4.69) is 19.2 Å². The summed E-state index contributed by atoms with van der Waals surface area (Å²) >= 11 is 0. The molecule has 6 heteroatoms. The predicted molar refractivity (Wildman–Crippen MR) is 153 cm³/mol. The Labute approximate surface area is 228 Å². The van der Waals surface area contributed by atoms with E-state index in [0.717, 1.165) is 57.8 Å². The zero-order valence-electron chi connectivity index (χ0n) is 24.3. The number of nitrogens with one attached hydrogen (secondary N) is 1. The van der Waals surface area contributed by atoms with Gasteiger partial charge in [-0.15, -0.1) is 0 Å². The molecule has 0 spiro atoms. The van der Waals surface area contributed by atoms with Gasteiger partial charge >= 0.3 is 11.9 Å². The first kappa shape index (κ1) is 35.4. The molecule has 0 aliphatic carbocycles. The van der Waals surface area contributed by atoms with E-state index in [1.165, 1.54) is 83.5 Å². The van der Waals surface area contributed by atoms with E-state index in [1.54, 1.807) is 0 Å². The van der Waals surface area contributed by atoms with Crippen molar-refractivity contribution in [1.29, 1.82) is 0 Å². The summed E-state index contributed by atoms with van der Waals surface area (Å²) in [4.78, 5) is 34.5. The number of unbranched alkanes of at least 4 members (excludes halogenated alkanes) is 17. The van der Waals surface area contributed by atoms with Gasteiger partial charge < -0.3 is 15.2 Å². The fourth-order valence-electron chi connectivity index (χ4n) is 4.69. The van der Waals surface area contributed by atoms with Gasteiger partial charge in [0.1, 0.15) is 12.6 Å². The number of carbonyl (C=O) groups excluding carboxylic acids is 2. The Hall–Kier alpha value is -1.59. The van der Waals surface area contributed by atoms with Crippen LogP contribution in [0.25, 0.3) is 0 Å². The van der Waals surface area contributed by atoms with E-state index in [-0.39, 0.29) is 24.5 Å². The maximum absolute atomic E-state index is 12.4. The van der Waals surface area contributed by atoms with E-state index in [9.17, 15) is 14.4 Å². The zero-order valence-corrected chi connectivity index (χ0v) is 24.3. The number of carbonyl (C=O) groups is 3.